The van der Waals surface area contributed by atoms with Crippen LogP contribution in [0.25, 0.3) is 10.8 Å². The van der Waals surface area contributed by atoms with Crippen molar-refractivity contribution in [3.05, 3.63) is 53.6 Å². The van der Waals surface area contributed by atoms with E-state index < -0.39 is 0 Å². The third kappa shape index (κ3) is 2.21. The highest BCUT2D eigenvalue weighted by atomic mass is 35.5. The van der Waals surface area contributed by atoms with Crippen LogP contribution in [0.3, 0.4) is 0 Å². The minimum atomic E-state index is 0.438. The van der Waals surface area contributed by atoms with Crippen LogP contribution in [0.2, 0.25) is 5.15 Å². The van der Waals surface area contributed by atoms with Crippen molar-refractivity contribution in [2.75, 3.05) is 0 Å². The number of benzene rings is 1. The van der Waals surface area contributed by atoms with Crippen LogP contribution >= 0.6 is 23.4 Å². The van der Waals surface area contributed by atoms with Gasteiger partial charge in [0.2, 0.25) is 0 Å². The highest BCUT2D eigenvalue weighted by molar-refractivity contribution is 7.98. The molecule has 2 aromatic heterocycles. The number of rotatable bonds is 3. The van der Waals surface area contributed by atoms with Crippen molar-refractivity contribution in [3.8, 4) is 0 Å². The van der Waals surface area contributed by atoms with Gasteiger partial charge in [0, 0.05) is 10.8 Å². The van der Waals surface area contributed by atoms with Crippen molar-refractivity contribution in [3.63, 3.8) is 0 Å². The summed E-state index contributed by atoms with van der Waals surface area (Å²) in [5.41, 5.74) is 0. The highest BCUT2D eigenvalue weighted by Gasteiger charge is 2.08. The van der Waals surface area contributed by atoms with E-state index >= 15 is 0 Å². The van der Waals surface area contributed by atoms with Gasteiger partial charge in [0.05, 0.1) is 12.0 Å². The lowest BCUT2D eigenvalue weighted by Crippen LogP contribution is -1.90. The van der Waals surface area contributed by atoms with Crippen molar-refractivity contribution >= 4 is 34.1 Å². The molecule has 0 aliphatic carbocycles. The maximum Gasteiger partial charge on any atom is 0.159 e. The van der Waals surface area contributed by atoms with E-state index in [2.05, 4.69) is 10.2 Å². The van der Waals surface area contributed by atoms with Crippen molar-refractivity contribution in [1.82, 2.24) is 10.2 Å². The average Bonchev–Trinajstić information content (AvgIpc) is 2.92. The summed E-state index contributed by atoms with van der Waals surface area (Å²) in [5, 5.41) is 11.4. The second-order valence-electron chi connectivity index (χ2n) is 3.71. The molecule has 0 atom stereocenters. The lowest BCUT2D eigenvalue weighted by Gasteiger charge is -2.04. The number of aromatic nitrogens is 2. The Bertz CT molecular complexity index is 670. The van der Waals surface area contributed by atoms with E-state index in [1.807, 2.05) is 36.4 Å². The Balaban J connectivity index is 1.94. The van der Waals surface area contributed by atoms with Gasteiger partial charge in [-0.2, -0.15) is 0 Å². The molecule has 0 saturated carbocycles. The molecule has 0 radical (unpaired) electrons. The Kier molecular flexibility index (Phi) is 3.21. The Morgan fingerprint density at radius 3 is 2.67 bits per heavy atom. The molecule has 0 amide bonds. The monoisotopic (exact) mass is 276 g/mol. The van der Waals surface area contributed by atoms with E-state index in [1.54, 1.807) is 18.0 Å². The van der Waals surface area contributed by atoms with E-state index in [0.717, 1.165) is 27.3 Å². The number of hydrogen-bond acceptors (Lipinski definition) is 4. The maximum absolute atomic E-state index is 6.03. The standard InChI is InChI=1S/C13H9ClN2OS/c14-12-10-5-1-2-6-11(10)13(16-15-12)18-8-9-4-3-7-17-9/h1-7H,8H2. The summed E-state index contributed by atoms with van der Waals surface area (Å²) in [6.07, 6.45) is 1.67. The number of furan rings is 1. The topological polar surface area (TPSA) is 38.9 Å². The third-order valence-corrected chi connectivity index (χ3v) is 3.82. The summed E-state index contributed by atoms with van der Waals surface area (Å²) < 4.78 is 5.30. The molecule has 18 heavy (non-hydrogen) atoms. The van der Waals surface area contributed by atoms with Crippen LogP contribution in [0, 0.1) is 0 Å². The van der Waals surface area contributed by atoms with Gasteiger partial charge in [-0.3, -0.25) is 0 Å². The molecule has 0 fully saturated rings. The van der Waals surface area contributed by atoms with Crippen LogP contribution in [0.1, 0.15) is 5.76 Å². The molecule has 0 N–H and O–H groups in total. The van der Waals surface area contributed by atoms with Gasteiger partial charge in [0.25, 0.3) is 0 Å². The lowest BCUT2D eigenvalue weighted by molar-refractivity contribution is 0.530. The first-order chi connectivity index (χ1) is 8.84. The molecule has 3 nitrogen and oxygen atoms in total. The first-order valence-corrected chi connectivity index (χ1v) is 6.77. The molecule has 0 aliphatic heterocycles. The van der Waals surface area contributed by atoms with Gasteiger partial charge in [-0.1, -0.05) is 47.6 Å². The van der Waals surface area contributed by atoms with Gasteiger partial charge in [-0.15, -0.1) is 10.2 Å². The molecule has 90 valence electrons. The van der Waals surface area contributed by atoms with Crippen molar-refractivity contribution in [1.29, 1.82) is 0 Å². The van der Waals surface area contributed by atoms with Crippen LogP contribution < -0.4 is 0 Å². The van der Waals surface area contributed by atoms with Crippen molar-refractivity contribution in [2.45, 2.75) is 10.8 Å². The molecule has 0 unspecified atom stereocenters. The lowest BCUT2D eigenvalue weighted by atomic mass is 10.2. The van der Waals surface area contributed by atoms with E-state index in [0.29, 0.717) is 5.15 Å². The van der Waals surface area contributed by atoms with Crippen LogP contribution in [0.4, 0.5) is 0 Å². The van der Waals surface area contributed by atoms with Crippen molar-refractivity contribution < 1.29 is 4.42 Å². The molecule has 0 spiro atoms. The number of fused-ring (bicyclic) bond motifs is 1. The maximum atomic E-state index is 6.03. The Hall–Kier alpha value is -1.52. The number of halogens is 1. The molecule has 0 saturated heterocycles. The molecule has 0 aliphatic rings. The molecule has 2 heterocycles. The Labute approximate surface area is 113 Å². The average molecular weight is 277 g/mol. The van der Waals surface area contributed by atoms with E-state index in [9.17, 15) is 0 Å². The minimum Gasteiger partial charge on any atom is -0.468 e. The first-order valence-electron chi connectivity index (χ1n) is 5.41. The fourth-order valence-corrected chi connectivity index (χ4v) is 2.77. The summed E-state index contributed by atoms with van der Waals surface area (Å²) in [6, 6.07) is 11.7. The van der Waals surface area contributed by atoms with Gasteiger partial charge in [0.15, 0.2) is 5.15 Å². The summed E-state index contributed by atoms with van der Waals surface area (Å²) in [5.74, 6) is 1.65. The number of nitrogens with zero attached hydrogens (tertiary/aromatic N) is 2. The van der Waals surface area contributed by atoms with Crippen molar-refractivity contribution in [2.24, 2.45) is 0 Å². The first kappa shape index (κ1) is 11.6. The van der Waals surface area contributed by atoms with Gasteiger partial charge in [-0.25, -0.2) is 0 Å². The van der Waals surface area contributed by atoms with E-state index in [1.165, 1.54) is 0 Å². The largest absolute Gasteiger partial charge is 0.468 e. The van der Waals surface area contributed by atoms with Crippen LogP contribution in [0.15, 0.2) is 52.1 Å². The van der Waals surface area contributed by atoms with Crippen LogP contribution in [-0.2, 0) is 5.75 Å². The zero-order valence-corrected chi connectivity index (χ0v) is 10.9. The second-order valence-corrected chi connectivity index (χ2v) is 5.03. The molecule has 0 bridgehead atoms. The fraction of sp³-hybridized carbons (Fsp3) is 0.0769. The smallest absolute Gasteiger partial charge is 0.159 e. The molecule has 3 aromatic rings. The molecule has 1 aromatic carbocycles. The van der Waals surface area contributed by atoms with E-state index in [-0.39, 0.29) is 0 Å². The fourth-order valence-electron chi connectivity index (χ4n) is 1.69. The minimum absolute atomic E-state index is 0.438. The number of hydrogen-bond donors (Lipinski definition) is 0. The Morgan fingerprint density at radius 1 is 1.06 bits per heavy atom. The van der Waals surface area contributed by atoms with Crippen LogP contribution in [0.5, 0.6) is 0 Å². The zero-order valence-electron chi connectivity index (χ0n) is 9.34. The predicted octanol–water partition coefficient (Wildman–Crippen LogP) is 4.17. The summed E-state index contributed by atoms with van der Waals surface area (Å²) in [7, 11) is 0. The summed E-state index contributed by atoms with van der Waals surface area (Å²) in [4.78, 5) is 0. The zero-order chi connectivity index (χ0) is 12.4. The summed E-state index contributed by atoms with van der Waals surface area (Å²) in [6.45, 7) is 0. The molecular formula is C13H9ClN2OS. The van der Waals surface area contributed by atoms with Gasteiger partial charge in [-0.05, 0) is 12.1 Å². The Morgan fingerprint density at radius 2 is 1.89 bits per heavy atom. The van der Waals surface area contributed by atoms with Crippen LogP contribution in [-0.4, -0.2) is 10.2 Å². The number of thioether (sulfide) groups is 1. The normalized spacial score (nSPS) is 10.9. The SMILES string of the molecule is Clc1nnc(SCc2ccco2)c2ccccc12. The van der Waals surface area contributed by atoms with E-state index in [4.69, 9.17) is 16.0 Å². The van der Waals surface area contributed by atoms with Gasteiger partial charge >= 0.3 is 0 Å². The molecular weight excluding hydrogens is 268 g/mol. The predicted molar refractivity (Wildman–Crippen MR) is 72.8 cm³/mol. The quantitative estimate of drug-likeness (QED) is 0.673. The summed E-state index contributed by atoms with van der Waals surface area (Å²) >= 11 is 7.62. The molecule has 5 heteroatoms. The van der Waals surface area contributed by atoms with Gasteiger partial charge < -0.3 is 4.42 Å². The second kappa shape index (κ2) is 5.00. The van der Waals surface area contributed by atoms with Gasteiger partial charge in [0.1, 0.15) is 10.8 Å². The molecule has 3 rings (SSSR count). The third-order valence-electron chi connectivity index (χ3n) is 2.54. The highest BCUT2D eigenvalue weighted by Crippen LogP contribution is 2.30.